The summed E-state index contributed by atoms with van der Waals surface area (Å²) in [5.74, 6) is 0.977. The third-order valence-electron chi connectivity index (χ3n) is 3.00. The Kier molecular flexibility index (Phi) is 3.38. The molecule has 3 heteroatoms. The van der Waals surface area contributed by atoms with Gasteiger partial charge in [-0.2, -0.15) is 5.26 Å². The average Bonchev–Trinajstić information content (AvgIpc) is 2.10. The van der Waals surface area contributed by atoms with Gasteiger partial charge in [-0.15, -0.1) is 0 Å². The van der Waals surface area contributed by atoms with Crippen LogP contribution in [-0.4, -0.2) is 24.4 Å². The molecular weight excluding hydrogens is 188 g/mol. The molecule has 1 rings (SSSR count). The average molecular weight is 208 g/mol. The zero-order valence-corrected chi connectivity index (χ0v) is 10.1. The maximum Gasteiger partial charge on any atom is 0.242 e. The van der Waals surface area contributed by atoms with Crippen molar-refractivity contribution in [3.8, 4) is 6.07 Å². The third-order valence-corrected chi connectivity index (χ3v) is 3.00. The minimum atomic E-state index is -0.705. The Hall–Kier alpha value is -1.04. The Morgan fingerprint density at radius 1 is 1.60 bits per heavy atom. The van der Waals surface area contributed by atoms with Crippen molar-refractivity contribution in [2.75, 3.05) is 13.6 Å². The lowest BCUT2D eigenvalue weighted by Crippen LogP contribution is -2.49. The van der Waals surface area contributed by atoms with Crippen molar-refractivity contribution >= 4 is 5.91 Å². The maximum absolute atomic E-state index is 12.1. The van der Waals surface area contributed by atoms with E-state index in [0.29, 0.717) is 11.8 Å². The summed E-state index contributed by atoms with van der Waals surface area (Å²) in [6.45, 7) is 6.97. The number of nitrogens with zero attached hydrogens (tertiary/aromatic N) is 2. The number of carbonyl (C=O) groups excluding carboxylic acids is 1. The van der Waals surface area contributed by atoms with Crippen molar-refractivity contribution in [1.82, 2.24) is 4.90 Å². The van der Waals surface area contributed by atoms with Gasteiger partial charge in [-0.25, -0.2) is 0 Å². The quantitative estimate of drug-likeness (QED) is 0.712. The molecular formula is C12H20N2O. The molecule has 0 saturated heterocycles. The number of amides is 1. The Bertz CT molecular complexity index is 284. The van der Waals surface area contributed by atoms with E-state index >= 15 is 0 Å². The topological polar surface area (TPSA) is 44.1 Å². The summed E-state index contributed by atoms with van der Waals surface area (Å²) in [6, 6.07) is 2.21. The first-order valence-electron chi connectivity index (χ1n) is 5.58. The van der Waals surface area contributed by atoms with Crippen LogP contribution in [0.5, 0.6) is 0 Å². The van der Waals surface area contributed by atoms with Crippen molar-refractivity contribution in [3.63, 3.8) is 0 Å². The molecule has 1 aliphatic carbocycles. The van der Waals surface area contributed by atoms with Gasteiger partial charge in [0.15, 0.2) is 0 Å². The summed E-state index contributed by atoms with van der Waals surface area (Å²) in [6.07, 6.45) is 1.45. The van der Waals surface area contributed by atoms with E-state index in [4.69, 9.17) is 5.26 Å². The highest BCUT2D eigenvalue weighted by atomic mass is 16.2. The summed E-state index contributed by atoms with van der Waals surface area (Å²) in [4.78, 5) is 13.8. The van der Waals surface area contributed by atoms with E-state index in [1.165, 1.54) is 0 Å². The van der Waals surface area contributed by atoms with Crippen LogP contribution < -0.4 is 0 Å². The van der Waals surface area contributed by atoms with Crippen LogP contribution in [0.3, 0.4) is 0 Å². The van der Waals surface area contributed by atoms with E-state index in [2.05, 4.69) is 26.8 Å². The van der Waals surface area contributed by atoms with Gasteiger partial charge in [0.1, 0.15) is 5.41 Å². The summed E-state index contributed by atoms with van der Waals surface area (Å²) < 4.78 is 0. The predicted octanol–water partition coefficient (Wildman–Crippen LogP) is 2.04. The van der Waals surface area contributed by atoms with Gasteiger partial charge < -0.3 is 4.90 Å². The minimum Gasteiger partial charge on any atom is -0.344 e. The van der Waals surface area contributed by atoms with Crippen molar-refractivity contribution in [1.29, 1.82) is 5.26 Å². The van der Waals surface area contributed by atoms with Crippen LogP contribution >= 0.6 is 0 Å². The fraction of sp³-hybridized carbons (Fsp3) is 0.833. The fourth-order valence-corrected chi connectivity index (χ4v) is 2.44. The molecule has 0 heterocycles. The van der Waals surface area contributed by atoms with E-state index in [9.17, 15) is 4.79 Å². The summed E-state index contributed by atoms with van der Waals surface area (Å²) >= 11 is 0. The molecule has 0 atom stereocenters. The molecule has 84 valence electrons. The Balaban J connectivity index is 2.64. The lowest BCUT2D eigenvalue weighted by molar-refractivity contribution is -0.144. The molecule has 0 unspecified atom stereocenters. The normalized spacial score (nSPS) is 29.5. The zero-order chi connectivity index (χ0) is 11.6. The monoisotopic (exact) mass is 208 g/mol. The third kappa shape index (κ3) is 2.31. The number of nitriles is 1. The zero-order valence-electron chi connectivity index (χ0n) is 10.1. The lowest BCUT2D eigenvalue weighted by Gasteiger charge is -2.41. The number of hydrogen-bond acceptors (Lipinski definition) is 2. The second kappa shape index (κ2) is 4.22. The van der Waals surface area contributed by atoms with Crippen molar-refractivity contribution in [3.05, 3.63) is 0 Å². The van der Waals surface area contributed by atoms with E-state index in [1.807, 2.05) is 0 Å². The van der Waals surface area contributed by atoms with Gasteiger partial charge in [-0.1, -0.05) is 20.8 Å². The summed E-state index contributed by atoms with van der Waals surface area (Å²) in [5.41, 5.74) is -0.705. The number of carbonyl (C=O) groups is 1. The van der Waals surface area contributed by atoms with Crippen molar-refractivity contribution in [2.45, 2.75) is 33.6 Å². The molecule has 0 radical (unpaired) electrons. The van der Waals surface area contributed by atoms with Crippen LogP contribution in [-0.2, 0) is 4.79 Å². The molecule has 0 aliphatic heterocycles. The van der Waals surface area contributed by atoms with Crippen LogP contribution in [0.15, 0.2) is 0 Å². The molecule has 0 spiro atoms. The van der Waals surface area contributed by atoms with Gasteiger partial charge >= 0.3 is 0 Å². The van der Waals surface area contributed by atoms with E-state index in [0.717, 1.165) is 19.4 Å². The van der Waals surface area contributed by atoms with Crippen LogP contribution in [0.2, 0.25) is 0 Å². The van der Waals surface area contributed by atoms with Gasteiger partial charge in [-0.3, -0.25) is 4.79 Å². The largest absolute Gasteiger partial charge is 0.344 e. The van der Waals surface area contributed by atoms with E-state index in [1.54, 1.807) is 11.9 Å². The first kappa shape index (κ1) is 12.0. The molecule has 1 saturated carbocycles. The molecule has 0 aromatic heterocycles. The minimum absolute atomic E-state index is 0.0109. The molecule has 0 bridgehead atoms. The Morgan fingerprint density at radius 3 is 2.47 bits per heavy atom. The first-order chi connectivity index (χ1) is 6.91. The van der Waals surface area contributed by atoms with Gasteiger partial charge in [0.25, 0.3) is 0 Å². The van der Waals surface area contributed by atoms with Crippen LogP contribution in [0.1, 0.15) is 33.6 Å². The Morgan fingerprint density at radius 2 is 2.13 bits per heavy atom. The number of hydrogen-bond donors (Lipinski definition) is 0. The highest BCUT2D eigenvalue weighted by Gasteiger charge is 2.50. The van der Waals surface area contributed by atoms with E-state index in [-0.39, 0.29) is 5.91 Å². The van der Waals surface area contributed by atoms with Gasteiger partial charge in [0, 0.05) is 13.6 Å². The summed E-state index contributed by atoms with van der Waals surface area (Å²) in [7, 11) is 1.80. The SMILES string of the molecule is CC(C)CN(C)C(=O)C1(C#N)CC(C)C1. The van der Waals surface area contributed by atoms with Crippen LogP contribution in [0, 0.1) is 28.6 Å². The predicted molar refractivity (Wildman–Crippen MR) is 58.9 cm³/mol. The van der Waals surface area contributed by atoms with E-state index < -0.39 is 5.41 Å². The molecule has 1 amide bonds. The summed E-state index contributed by atoms with van der Waals surface area (Å²) in [5, 5.41) is 9.11. The van der Waals surface area contributed by atoms with Crippen molar-refractivity contribution in [2.24, 2.45) is 17.3 Å². The molecule has 0 N–H and O–H groups in total. The molecule has 15 heavy (non-hydrogen) atoms. The molecule has 3 nitrogen and oxygen atoms in total. The molecule has 0 aromatic carbocycles. The highest BCUT2D eigenvalue weighted by Crippen LogP contribution is 2.46. The first-order valence-corrected chi connectivity index (χ1v) is 5.58. The van der Waals surface area contributed by atoms with Gasteiger partial charge in [0.2, 0.25) is 5.91 Å². The highest BCUT2D eigenvalue weighted by molar-refractivity contribution is 5.86. The maximum atomic E-state index is 12.1. The van der Waals surface area contributed by atoms with Crippen LogP contribution in [0.4, 0.5) is 0 Å². The van der Waals surface area contributed by atoms with Gasteiger partial charge in [-0.05, 0) is 24.7 Å². The number of rotatable bonds is 3. The van der Waals surface area contributed by atoms with Gasteiger partial charge in [0.05, 0.1) is 6.07 Å². The molecule has 1 aliphatic rings. The molecule has 0 aromatic rings. The second-order valence-corrected chi connectivity index (χ2v) is 5.29. The second-order valence-electron chi connectivity index (χ2n) is 5.29. The van der Waals surface area contributed by atoms with Crippen LogP contribution in [0.25, 0.3) is 0 Å². The standard InChI is InChI=1S/C12H20N2O/c1-9(2)7-14(4)11(15)12(8-13)5-10(3)6-12/h9-10H,5-7H2,1-4H3. The fourth-order valence-electron chi connectivity index (χ4n) is 2.44. The van der Waals surface area contributed by atoms with Crippen molar-refractivity contribution < 1.29 is 4.79 Å². The molecule has 1 fully saturated rings. The lowest BCUT2D eigenvalue weighted by atomic mass is 9.63. The Labute approximate surface area is 92.1 Å². The smallest absolute Gasteiger partial charge is 0.242 e.